The summed E-state index contributed by atoms with van der Waals surface area (Å²) in [5.41, 5.74) is 4.01. The molecule has 0 unspecified atom stereocenters. The molecule has 1 aliphatic rings. The summed E-state index contributed by atoms with van der Waals surface area (Å²) in [6, 6.07) is 9.99. The smallest absolute Gasteiger partial charge is 0.356 e. The molecule has 21 heavy (non-hydrogen) atoms. The first-order chi connectivity index (χ1) is 10.2. The third-order valence-electron chi connectivity index (χ3n) is 4.02. The van der Waals surface area contributed by atoms with Gasteiger partial charge in [0, 0.05) is 24.8 Å². The first kappa shape index (κ1) is 13.6. The standard InChI is InChI=1S/C17H18N2O2/c1-12-14(13-7-3-2-4-8-13)11-18-15(17(20)21)16(12)19-9-5-6-10-19/h2-4,7-8,11H,5-6,9-10H2,1H3,(H,20,21). The van der Waals surface area contributed by atoms with Gasteiger partial charge < -0.3 is 10.0 Å². The van der Waals surface area contributed by atoms with Crippen molar-refractivity contribution in [3.8, 4) is 11.1 Å². The first-order valence-corrected chi connectivity index (χ1v) is 7.21. The fourth-order valence-corrected chi connectivity index (χ4v) is 2.99. The lowest BCUT2D eigenvalue weighted by atomic mass is 10.00. The minimum absolute atomic E-state index is 0.161. The highest BCUT2D eigenvalue weighted by molar-refractivity contribution is 5.95. The van der Waals surface area contributed by atoms with E-state index in [4.69, 9.17) is 0 Å². The molecule has 0 aliphatic carbocycles. The average molecular weight is 282 g/mol. The maximum atomic E-state index is 11.5. The second-order valence-corrected chi connectivity index (χ2v) is 5.36. The fourth-order valence-electron chi connectivity index (χ4n) is 2.99. The summed E-state index contributed by atoms with van der Waals surface area (Å²) in [4.78, 5) is 17.9. The molecule has 2 heterocycles. The summed E-state index contributed by atoms with van der Waals surface area (Å²) < 4.78 is 0. The highest BCUT2D eigenvalue weighted by Gasteiger charge is 2.24. The van der Waals surface area contributed by atoms with E-state index in [0.717, 1.165) is 48.3 Å². The zero-order valence-electron chi connectivity index (χ0n) is 12.0. The summed E-state index contributed by atoms with van der Waals surface area (Å²) in [5, 5.41) is 9.42. The Morgan fingerprint density at radius 3 is 2.48 bits per heavy atom. The summed E-state index contributed by atoms with van der Waals surface area (Å²) in [7, 11) is 0. The molecule has 1 fully saturated rings. The average Bonchev–Trinajstić information content (AvgIpc) is 3.01. The molecule has 0 radical (unpaired) electrons. The third kappa shape index (κ3) is 2.49. The van der Waals surface area contributed by atoms with Crippen LogP contribution < -0.4 is 4.90 Å². The number of hydrogen-bond acceptors (Lipinski definition) is 3. The molecular weight excluding hydrogens is 264 g/mol. The molecule has 1 aromatic carbocycles. The van der Waals surface area contributed by atoms with Crippen molar-refractivity contribution < 1.29 is 9.90 Å². The van der Waals surface area contributed by atoms with Crippen LogP contribution in [-0.4, -0.2) is 29.1 Å². The topological polar surface area (TPSA) is 53.4 Å². The second kappa shape index (κ2) is 5.56. The Hall–Kier alpha value is -2.36. The third-order valence-corrected chi connectivity index (χ3v) is 4.02. The second-order valence-electron chi connectivity index (χ2n) is 5.36. The van der Waals surface area contributed by atoms with Crippen LogP contribution in [0.2, 0.25) is 0 Å². The quantitative estimate of drug-likeness (QED) is 0.938. The van der Waals surface area contributed by atoms with Gasteiger partial charge in [-0.1, -0.05) is 30.3 Å². The van der Waals surface area contributed by atoms with Gasteiger partial charge in [0.2, 0.25) is 0 Å². The molecule has 1 saturated heterocycles. The van der Waals surface area contributed by atoms with Crippen LogP contribution >= 0.6 is 0 Å². The molecule has 108 valence electrons. The van der Waals surface area contributed by atoms with Gasteiger partial charge >= 0.3 is 5.97 Å². The maximum absolute atomic E-state index is 11.5. The summed E-state index contributed by atoms with van der Waals surface area (Å²) in [6.07, 6.45) is 3.88. The number of carboxylic acids is 1. The molecule has 1 aliphatic heterocycles. The van der Waals surface area contributed by atoms with Crippen molar-refractivity contribution in [3.05, 3.63) is 47.8 Å². The van der Waals surface area contributed by atoms with Crippen molar-refractivity contribution in [2.75, 3.05) is 18.0 Å². The van der Waals surface area contributed by atoms with E-state index in [1.165, 1.54) is 0 Å². The molecular formula is C17H18N2O2. The van der Waals surface area contributed by atoms with Crippen LogP contribution in [0.5, 0.6) is 0 Å². The minimum atomic E-state index is -0.959. The molecule has 1 aromatic heterocycles. The minimum Gasteiger partial charge on any atom is -0.476 e. The van der Waals surface area contributed by atoms with E-state index in [-0.39, 0.29) is 5.69 Å². The van der Waals surface area contributed by atoms with Gasteiger partial charge in [0.05, 0.1) is 5.69 Å². The summed E-state index contributed by atoms with van der Waals surface area (Å²) in [6.45, 7) is 3.80. The van der Waals surface area contributed by atoms with E-state index in [9.17, 15) is 9.90 Å². The van der Waals surface area contributed by atoms with E-state index >= 15 is 0 Å². The Labute approximate surface area is 124 Å². The van der Waals surface area contributed by atoms with Gasteiger partial charge in [0.15, 0.2) is 5.69 Å². The molecule has 0 spiro atoms. The number of aromatic carboxylic acids is 1. The van der Waals surface area contributed by atoms with E-state index in [1.807, 2.05) is 37.3 Å². The van der Waals surface area contributed by atoms with E-state index in [2.05, 4.69) is 9.88 Å². The molecule has 0 amide bonds. The number of hydrogen-bond donors (Lipinski definition) is 1. The molecule has 3 rings (SSSR count). The Balaban J connectivity index is 2.16. The van der Waals surface area contributed by atoms with Crippen LogP contribution in [0.1, 0.15) is 28.9 Å². The van der Waals surface area contributed by atoms with E-state index < -0.39 is 5.97 Å². The van der Waals surface area contributed by atoms with Crippen LogP contribution in [0, 0.1) is 6.92 Å². The monoisotopic (exact) mass is 282 g/mol. The molecule has 0 saturated carbocycles. The van der Waals surface area contributed by atoms with E-state index in [1.54, 1.807) is 6.20 Å². The molecule has 1 N–H and O–H groups in total. The number of carbonyl (C=O) groups is 1. The first-order valence-electron chi connectivity index (χ1n) is 7.21. The number of pyridine rings is 1. The van der Waals surface area contributed by atoms with Crippen LogP contribution in [0.4, 0.5) is 5.69 Å². The molecule has 2 aromatic rings. The highest BCUT2D eigenvalue weighted by Crippen LogP contribution is 2.34. The van der Waals surface area contributed by atoms with Crippen LogP contribution in [0.15, 0.2) is 36.5 Å². The van der Waals surface area contributed by atoms with Crippen molar-refractivity contribution in [1.29, 1.82) is 0 Å². The Morgan fingerprint density at radius 2 is 1.86 bits per heavy atom. The van der Waals surface area contributed by atoms with Gasteiger partial charge in [-0.05, 0) is 30.9 Å². The zero-order valence-corrected chi connectivity index (χ0v) is 12.0. The fraction of sp³-hybridized carbons (Fsp3) is 0.294. The predicted molar refractivity (Wildman–Crippen MR) is 82.8 cm³/mol. The summed E-state index contributed by atoms with van der Waals surface area (Å²) in [5.74, 6) is -0.959. The van der Waals surface area contributed by atoms with Gasteiger partial charge in [-0.2, -0.15) is 0 Å². The van der Waals surface area contributed by atoms with Gasteiger partial charge in [-0.25, -0.2) is 9.78 Å². The molecule has 0 bridgehead atoms. The summed E-state index contributed by atoms with van der Waals surface area (Å²) >= 11 is 0. The largest absolute Gasteiger partial charge is 0.476 e. The van der Waals surface area contributed by atoms with Crippen LogP contribution in [0.3, 0.4) is 0 Å². The van der Waals surface area contributed by atoms with Gasteiger partial charge in [-0.3, -0.25) is 0 Å². The Kier molecular flexibility index (Phi) is 3.60. The molecule has 4 heteroatoms. The van der Waals surface area contributed by atoms with Crippen molar-refractivity contribution >= 4 is 11.7 Å². The number of nitrogens with zero attached hydrogens (tertiary/aromatic N) is 2. The molecule has 4 nitrogen and oxygen atoms in total. The van der Waals surface area contributed by atoms with Crippen molar-refractivity contribution in [2.45, 2.75) is 19.8 Å². The lowest BCUT2D eigenvalue weighted by Crippen LogP contribution is -2.23. The lowest BCUT2D eigenvalue weighted by Gasteiger charge is -2.23. The predicted octanol–water partition coefficient (Wildman–Crippen LogP) is 3.36. The number of anilines is 1. The van der Waals surface area contributed by atoms with Gasteiger partial charge in [-0.15, -0.1) is 0 Å². The van der Waals surface area contributed by atoms with Crippen LogP contribution in [-0.2, 0) is 0 Å². The van der Waals surface area contributed by atoms with Crippen molar-refractivity contribution in [2.24, 2.45) is 0 Å². The van der Waals surface area contributed by atoms with E-state index in [0.29, 0.717) is 0 Å². The number of carboxylic acid groups (broad SMARTS) is 1. The van der Waals surface area contributed by atoms with Crippen molar-refractivity contribution in [3.63, 3.8) is 0 Å². The van der Waals surface area contributed by atoms with Gasteiger partial charge in [0.25, 0.3) is 0 Å². The number of rotatable bonds is 3. The maximum Gasteiger partial charge on any atom is 0.356 e. The molecule has 0 atom stereocenters. The normalized spacial score (nSPS) is 14.4. The van der Waals surface area contributed by atoms with Crippen LogP contribution in [0.25, 0.3) is 11.1 Å². The number of aromatic nitrogens is 1. The zero-order chi connectivity index (χ0) is 14.8. The van der Waals surface area contributed by atoms with Crippen molar-refractivity contribution in [1.82, 2.24) is 4.98 Å². The SMILES string of the molecule is Cc1c(-c2ccccc2)cnc(C(=O)O)c1N1CCCC1. The highest BCUT2D eigenvalue weighted by atomic mass is 16.4. The lowest BCUT2D eigenvalue weighted by molar-refractivity contribution is 0.0691. The Morgan fingerprint density at radius 1 is 1.19 bits per heavy atom. The Bertz CT molecular complexity index is 662. The number of benzene rings is 1. The van der Waals surface area contributed by atoms with Gasteiger partial charge in [0.1, 0.15) is 0 Å².